The summed E-state index contributed by atoms with van der Waals surface area (Å²) in [6.07, 6.45) is 4.82. The first-order chi connectivity index (χ1) is 9.29. The maximum atomic E-state index is 5.65. The van der Waals surface area contributed by atoms with Crippen molar-refractivity contribution in [2.75, 3.05) is 0 Å². The largest absolute Gasteiger partial charge is 0.307 e. The predicted molar refractivity (Wildman–Crippen MR) is 76.8 cm³/mol. The van der Waals surface area contributed by atoms with Crippen molar-refractivity contribution in [3.63, 3.8) is 0 Å². The number of nitrogens with one attached hydrogen (secondary N) is 1. The molecule has 1 saturated carbocycles. The van der Waals surface area contributed by atoms with Gasteiger partial charge in [0.1, 0.15) is 5.69 Å². The Morgan fingerprint density at radius 3 is 2.84 bits per heavy atom. The number of amidine groups is 1. The Kier molecular flexibility index (Phi) is 3.21. The van der Waals surface area contributed by atoms with Crippen LogP contribution in [0.4, 0.5) is 0 Å². The van der Waals surface area contributed by atoms with Gasteiger partial charge in [0.2, 0.25) is 0 Å². The van der Waals surface area contributed by atoms with Crippen LogP contribution in [0, 0.1) is 0 Å². The summed E-state index contributed by atoms with van der Waals surface area (Å²) in [6, 6.07) is 8.51. The average Bonchev–Trinajstić information content (AvgIpc) is 3.05. The van der Waals surface area contributed by atoms with Gasteiger partial charge >= 0.3 is 0 Å². The number of nitrogens with zero attached hydrogens (tertiary/aromatic N) is 3. The van der Waals surface area contributed by atoms with Crippen LogP contribution in [0.2, 0.25) is 0 Å². The summed E-state index contributed by atoms with van der Waals surface area (Å²) in [4.78, 5) is 4.73. The number of nitrogens with two attached hydrogens (primary N) is 1. The molecule has 0 bridgehead atoms. The van der Waals surface area contributed by atoms with E-state index < -0.39 is 0 Å². The van der Waals surface area contributed by atoms with Crippen molar-refractivity contribution in [2.45, 2.75) is 31.7 Å². The van der Waals surface area contributed by atoms with Crippen molar-refractivity contribution >= 4 is 16.7 Å². The van der Waals surface area contributed by atoms with E-state index in [0.29, 0.717) is 11.9 Å². The fourth-order valence-corrected chi connectivity index (χ4v) is 2.77. The molecule has 19 heavy (non-hydrogen) atoms. The molecule has 1 aliphatic carbocycles. The summed E-state index contributed by atoms with van der Waals surface area (Å²) in [6.45, 7) is 0. The van der Waals surface area contributed by atoms with Gasteiger partial charge in [-0.05, 0) is 18.9 Å². The van der Waals surface area contributed by atoms with E-state index in [4.69, 9.17) is 10.8 Å². The molecule has 1 aromatic heterocycles. The summed E-state index contributed by atoms with van der Waals surface area (Å²) < 4.78 is 1.87. The van der Waals surface area contributed by atoms with Crippen molar-refractivity contribution in [1.29, 1.82) is 0 Å². The monoisotopic (exact) mass is 257 g/mol. The Morgan fingerprint density at radius 2 is 2.11 bits per heavy atom. The molecule has 100 valence electrons. The summed E-state index contributed by atoms with van der Waals surface area (Å²) in [5, 5.41) is 5.63. The maximum Gasteiger partial charge on any atom is 0.164 e. The number of aryl methyl sites for hydroxylation is 1. The molecule has 3 rings (SSSR count). The number of benzene rings is 1. The van der Waals surface area contributed by atoms with E-state index in [1.54, 1.807) is 0 Å². The smallest absolute Gasteiger partial charge is 0.164 e. The molecular weight excluding hydrogens is 238 g/mol. The third kappa shape index (κ3) is 2.21. The zero-order chi connectivity index (χ0) is 13.2. The number of para-hydroxylation sites is 1. The fraction of sp³-hybridized carbons (Fsp3) is 0.429. The fourth-order valence-electron chi connectivity index (χ4n) is 2.77. The highest BCUT2D eigenvalue weighted by molar-refractivity contribution is 6.07. The number of rotatable bonds is 2. The third-order valence-corrected chi connectivity index (χ3v) is 3.76. The quantitative estimate of drug-likeness (QED) is 0.372. The maximum absolute atomic E-state index is 5.65. The average molecular weight is 257 g/mol. The van der Waals surface area contributed by atoms with Gasteiger partial charge in [-0.3, -0.25) is 9.67 Å². The van der Waals surface area contributed by atoms with Crippen LogP contribution in [0.3, 0.4) is 0 Å². The lowest BCUT2D eigenvalue weighted by molar-refractivity contribution is 0.698. The highest BCUT2D eigenvalue weighted by Crippen LogP contribution is 2.23. The third-order valence-electron chi connectivity index (χ3n) is 3.76. The predicted octanol–water partition coefficient (Wildman–Crippen LogP) is 1.73. The van der Waals surface area contributed by atoms with Crippen LogP contribution in [0.25, 0.3) is 10.9 Å². The van der Waals surface area contributed by atoms with Crippen LogP contribution in [-0.4, -0.2) is 21.7 Å². The number of hydrazine groups is 1. The zero-order valence-electron chi connectivity index (χ0n) is 11.1. The summed E-state index contributed by atoms with van der Waals surface area (Å²) >= 11 is 0. The van der Waals surface area contributed by atoms with Crippen LogP contribution >= 0.6 is 0 Å². The van der Waals surface area contributed by atoms with E-state index in [1.807, 2.05) is 23.9 Å². The second kappa shape index (κ2) is 5.01. The zero-order valence-corrected chi connectivity index (χ0v) is 11.1. The van der Waals surface area contributed by atoms with Gasteiger partial charge in [-0.1, -0.05) is 31.0 Å². The molecule has 0 amide bonds. The molecule has 5 heteroatoms. The van der Waals surface area contributed by atoms with E-state index in [-0.39, 0.29) is 0 Å². The molecule has 5 nitrogen and oxygen atoms in total. The Hall–Kier alpha value is -1.88. The summed E-state index contributed by atoms with van der Waals surface area (Å²) in [7, 11) is 1.94. The van der Waals surface area contributed by atoms with Gasteiger partial charge in [0.05, 0.1) is 11.6 Å². The van der Waals surface area contributed by atoms with Gasteiger partial charge in [-0.25, -0.2) is 5.84 Å². The SMILES string of the molecule is Cn1nc(C(=NC2CCCC2)NN)c2ccccc21. The molecule has 1 aliphatic rings. The van der Waals surface area contributed by atoms with Gasteiger partial charge in [0.15, 0.2) is 5.84 Å². The first-order valence-corrected chi connectivity index (χ1v) is 6.76. The van der Waals surface area contributed by atoms with Gasteiger partial charge in [-0.15, -0.1) is 0 Å². The van der Waals surface area contributed by atoms with Crippen LogP contribution < -0.4 is 11.3 Å². The second-order valence-corrected chi connectivity index (χ2v) is 5.05. The first kappa shape index (κ1) is 12.2. The van der Waals surface area contributed by atoms with Crippen molar-refractivity contribution in [3.05, 3.63) is 30.0 Å². The minimum absolute atomic E-state index is 0.381. The molecule has 0 saturated heterocycles. The summed E-state index contributed by atoms with van der Waals surface area (Å²) in [5.74, 6) is 6.35. The standard InChI is InChI=1S/C14H19N5/c1-19-12-9-5-4-8-11(12)13(18-19)14(17-15)16-10-6-2-3-7-10/h4-5,8-10H,2-3,6-7,15H2,1H3,(H,16,17). The van der Waals surface area contributed by atoms with Crippen LogP contribution in [0.5, 0.6) is 0 Å². The van der Waals surface area contributed by atoms with Crippen LogP contribution in [0.15, 0.2) is 29.3 Å². The van der Waals surface area contributed by atoms with Crippen molar-refractivity contribution in [3.8, 4) is 0 Å². The number of hydrogen-bond donors (Lipinski definition) is 2. The van der Waals surface area contributed by atoms with Crippen molar-refractivity contribution < 1.29 is 0 Å². The van der Waals surface area contributed by atoms with Crippen molar-refractivity contribution in [1.82, 2.24) is 15.2 Å². The summed E-state index contributed by atoms with van der Waals surface area (Å²) in [5.41, 5.74) is 4.65. The van der Waals surface area contributed by atoms with Gasteiger partial charge in [0.25, 0.3) is 0 Å². The number of fused-ring (bicyclic) bond motifs is 1. The lowest BCUT2D eigenvalue weighted by Crippen LogP contribution is -2.32. The Morgan fingerprint density at radius 1 is 1.37 bits per heavy atom. The van der Waals surface area contributed by atoms with Crippen LogP contribution in [-0.2, 0) is 7.05 Å². The lowest BCUT2D eigenvalue weighted by atomic mass is 10.2. The first-order valence-electron chi connectivity index (χ1n) is 6.76. The Labute approximate surface area is 112 Å². The van der Waals surface area contributed by atoms with E-state index in [2.05, 4.69) is 22.7 Å². The van der Waals surface area contributed by atoms with Gasteiger partial charge < -0.3 is 5.43 Å². The Bertz CT molecular complexity index is 607. The molecule has 1 fully saturated rings. The molecule has 3 N–H and O–H groups in total. The molecular formula is C14H19N5. The molecule has 0 spiro atoms. The highest BCUT2D eigenvalue weighted by atomic mass is 15.3. The van der Waals surface area contributed by atoms with E-state index in [0.717, 1.165) is 29.4 Å². The normalized spacial score (nSPS) is 17.3. The highest BCUT2D eigenvalue weighted by Gasteiger charge is 2.18. The number of aromatic nitrogens is 2. The molecule has 1 aromatic carbocycles. The number of hydrogen-bond acceptors (Lipinski definition) is 3. The minimum Gasteiger partial charge on any atom is -0.307 e. The van der Waals surface area contributed by atoms with Gasteiger partial charge in [0, 0.05) is 12.4 Å². The molecule has 2 aromatic rings. The molecule has 0 atom stereocenters. The minimum atomic E-state index is 0.381. The molecule has 0 radical (unpaired) electrons. The van der Waals surface area contributed by atoms with E-state index >= 15 is 0 Å². The number of aliphatic imine (C=N–C) groups is 1. The second-order valence-electron chi connectivity index (χ2n) is 5.05. The van der Waals surface area contributed by atoms with E-state index in [1.165, 1.54) is 12.8 Å². The molecule has 0 unspecified atom stereocenters. The van der Waals surface area contributed by atoms with Crippen molar-refractivity contribution in [2.24, 2.45) is 17.9 Å². The Balaban J connectivity index is 2.06. The van der Waals surface area contributed by atoms with Gasteiger partial charge in [-0.2, -0.15) is 5.10 Å². The van der Waals surface area contributed by atoms with Crippen LogP contribution in [0.1, 0.15) is 31.4 Å². The van der Waals surface area contributed by atoms with E-state index in [9.17, 15) is 0 Å². The topological polar surface area (TPSA) is 68.2 Å². The molecule has 1 heterocycles. The lowest BCUT2D eigenvalue weighted by Gasteiger charge is -2.07. The molecule has 0 aliphatic heterocycles.